The van der Waals surface area contributed by atoms with Gasteiger partial charge in [-0.15, -0.1) is 0 Å². The largest absolute Gasteiger partial charge is 0.417 e. The van der Waals surface area contributed by atoms with Gasteiger partial charge in [0.15, 0.2) is 9.04 Å². The van der Waals surface area contributed by atoms with Crippen molar-refractivity contribution >= 4 is 9.04 Å². The van der Waals surface area contributed by atoms with Gasteiger partial charge in [-0.3, -0.25) is 0 Å². The monoisotopic (exact) mass is 238 g/mol. The van der Waals surface area contributed by atoms with E-state index >= 15 is 0 Å². The molecule has 0 bridgehead atoms. The predicted octanol–water partition coefficient (Wildman–Crippen LogP) is 2.57. The Morgan fingerprint density at radius 2 is 1.88 bits per heavy atom. The summed E-state index contributed by atoms with van der Waals surface area (Å²) in [6.07, 6.45) is 1.22. The number of methoxy groups -OCH3 is 1. The van der Waals surface area contributed by atoms with Crippen molar-refractivity contribution < 1.29 is 9.16 Å². The van der Waals surface area contributed by atoms with Gasteiger partial charge < -0.3 is 9.16 Å². The lowest BCUT2D eigenvalue weighted by Gasteiger charge is -2.15. The third-order valence-electron chi connectivity index (χ3n) is 2.56. The van der Waals surface area contributed by atoms with Gasteiger partial charge in [-0.05, 0) is 17.7 Å². The first-order valence-electron chi connectivity index (χ1n) is 6.01. The predicted molar refractivity (Wildman–Crippen MR) is 70.2 cm³/mol. The highest BCUT2D eigenvalue weighted by atomic mass is 28.3. The van der Waals surface area contributed by atoms with Crippen LogP contribution in [0.5, 0.6) is 0 Å². The maximum absolute atomic E-state index is 5.94. The Kier molecular flexibility index (Phi) is 7.13. The van der Waals surface area contributed by atoms with Gasteiger partial charge in [0.25, 0.3) is 0 Å². The number of hydrogen-bond acceptors (Lipinski definition) is 2. The fourth-order valence-corrected chi connectivity index (χ4v) is 4.10. The van der Waals surface area contributed by atoms with E-state index in [1.807, 2.05) is 0 Å². The van der Waals surface area contributed by atoms with Crippen LogP contribution in [0.1, 0.15) is 18.9 Å². The molecule has 0 amide bonds. The molecule has 0 N–H and O–H groups in total. The summed E-state index contributed by atoms with van der Waals surface area (Å²) in [6.45, 7) is 3.69. The van der Waals surface area contributed by atoms with Crippen LogP contribution in [-0.4, -0.2) is 29.4 Å². The van der Waals surface area contributed by atoms with E-state index in [9.17, 15) is 0 Å². The molecule has 0 aliphatic carbocycles. The van der Waals surface area contributed by atoms with Gasteiger partial charge in [0.1, 0.15) is 0 Å². The zero-order valence-electron chi connectivity index (χ0n) is 10.3. The number of benzene rings is 1. The van der Waals surface area contributed by atoms with Crippen LogP contribution >= 0.6 is 0 Å². The lowest BCUT2D eigenvalue weighted by Crippen LogP contribution is -2.23. The molecule has 0 spiro atoms. The lowest BCUT2D eigenvalue weighted by molar-refractivity contribution is 0.145. The SMILES string of the molecule is CCC[SiH](Cc1ccccc1)OCCOC. The number of rotatable bonds is 8. The van der Waals surface area contributed by atoms with Crippen LogP contribution in [0.3, 0.4) is 0 Å². The van der Waals surface area contributed by atoms with Crippen molar-refractivity contribution in [1.82, 2.24) is 0 Å². The third-order valence-corrected chi connectivity index (χ3v) is 5.41. The summed E-state index contributed by atoms with van der Waals surface area (Å²) >= 11 is 0. The first kappa shape index (κ1) is 13.4. The van der Waals surface area contributed by atoms with E-state index in [0.717, 1.165) is 12.7 Å². The van der Waals surface area contributed by atoms with Crippen LogP contribution in [-0.2, 0) is 15.2 Å². The van der Waals surface area contributed by atoms with Crippen molar-refractivity contribution in [2.45, 2.75) is 25.4 Å². The van der Waals surface area contributed by atoms with Crippen molar-refractivity contribution in [1.29, 1.82) is 0 Å². The van der Waals surface area contributed by atoms with Crippen LogP contribution in [0.2, 0.25) is 6.04 Å². The molecule has 1 atom stereocenters. The Balaban J connectivity index is 2.38. The first-order chi connectivity index (χ1) is 7.86. The molecule has 1 unspecified atom stereocenters. The summed E-state index contributed by atoms with van der Waals surface area (Å²) in [5, 5.41) is 0. The van der Waals surface area contributed by atoms with E-state index in [-0.39, 0.29) is 0 Å². The summed E-state index contributed by atoms with van der Waals surface area (Å²) in [5.74, 6) is 0. The molecule has 0 heterocycles. The van der Waals surface area contributed by atoms with Gasteiger partial charge in [0.2, 0.25) is 0 Å². The highest BCUT2D eigenvalue weighted by Crippen LogP contribution is 2.08. The van der Waals surface area contributed by atoms with Crippen molar-refractivity contribution in [2.75, 3.05) is 20.3 Å². The molecule has 0 saturated carbocycles. The Bertz CT molecular complexity index is 264. The Hall–Kier alpha value is -0.643. The molecule has 2 nitrogen and oxygen atoms in total. The van der Waals surface area contributed by atoms with E-state index in [1.165, 1.54) is 18.0 Å². The highest BCUT2D eigenvalue weighted by Gasteiger charge is 2.11. The topological polar surface area (TPSA) is 18.5 Å². The van der Waals surface area contributed by atoms with E-state index in [1.54, 1.807) is 7.11 Å². The quantitative estimate of drug-likeness (QED) is 0.512. The summed E-state index contributed by atoms with van der Waals surface area (Å²) in [6, 6.07) is 13.0. The average molecular weight is 238 g/mol. The van der Waals surface area contributed by atoms with Gasteiger partial charge in [0, 0.05) is 7.11 Å². The zero-order valence-corrected chi connectivity index (χ0v) is 11.5. The molecule has 1 aromatic carbocycles. The standard InChI is InChI=1S/C13H22O2Si/c1-3-11-16(15-10-9-14-2)12-13-7-5-4-6-8-13/h4-8,16H,3,9-12H2,1-2H3. The van der Waals surface area contributed by atoms with Crippen molar-refractivity contribution in [3.05, 3.63) is 35.9 Å². The molecular formula is C13H22O2Si. The van der Waals surface area contributed by atoms with Crippen LogP contribution in [0.25, 0.3) is 0 Å². The Labute approximate surface area is 100 Å². The van der Waals surface area contributed by atoms with Gasteiger partial charge in [-0.1, -0.05) is 43.7 Å². The van der Waals surface area contributed by atoms with Crippen molar-refractivity contribution in [3.8, 4) is 0 Å². The minimum absolute atomic E-state index is 0.710. The van der Waals surface area contributed by atoms with E-state index in [4.69, 9.17) is 9.16 Å². The van der Waals surface area contributed by atoms with E-state index in [2.05, 4.69) is 37.3 Å². The number of ether oxygens (including phenoxy) is 1. The van der Waals surface area contributed by atoms with Crippen molar-refractivity contribution in [3.63, 3.8) is 0 Å². The Morgan fingerprint density at radius 3 is 2.50 bits per heavy atom. The molecule has 90 valence electrons. The molecule has 0 aromatic heterocycles. The fourth-order valence-electron chi connectivity index (χ4n) is 1.74. The fraction of sp³-hybridized carbons (Fsp3) is 0.538. The molecule has 0 fully saturated rings. The zero-order chi connectivity index (χ0) is 11.6. The average Bonchev–Trinajstić information content (AvgIpc) is 2.31. The summed E-state index contributed by atoms with van der Waals surface area (Å²) < 4.78 is 11.0. The van der Waals surface area contributed by atoms with Crippen LogP contribution in [0.4, 0.5) is 0 Å². The van der Waals surface area contributed by atoms with Gasteiger partial charge in [0.05, 0.1) is 13.2 Å². The second-order valence-corrected chi connectivity index (χ2v) is 6.53. The molecule has 0 aliphatic heterocycles. The third kappa shape index (κ3) is 5.44. The minimum Gasteiger partial charge on any atom is -0.417 e. The van der Waals surface area contributed by atoms with Gasteiger partial charge >= 0.3 is 0 Å². The smallest absolute Gasteiger partial charge is 0.181 e. The Morgan fingerprint density at radius 1 is 1.12 bits per heavy atom. The first-order valence-corrected chi connectivity index (χ1v) is 8.11. The van der Waals surface area contributed by atoms with E-state index in [0.29, 0.717) is 6.61 Å². The second-order valence-electron chi connectivity index (χ2n) is 3.96. The molecule has 1 aromatic rings. The molecule has 0 aliphatic rings. The van der Waals surface area contributed by atoms with Crippen LogP contribution < -0.4 is 0 Å². The molecule has 0 saturated heterocycles. The molecule has 0 radical (unpaired) electrons. The van der Waals surface area contributed by atoms with Crippen molar-refractivity contribution in [2.24, 2.45) is 0 Å². The summed E-state index contributed by atoms with van der Waals surface area (Å²) in [4.78, 5) is 0. The molecule has 3 heteroatoms. The van der Waals surface area contributed by atoms with Gasteiger partial charge in [-0.2, -0.15) is 0 Å². The molecule has 1 rings (SSSR count). The van der Waals surface area contributed by atoms with E-state index < -0.39 is 9.04 Å². The molecular weight excluding hydrogens is 216 g/mol. The maximum Gasteiger partial charge on any atom is 0.181 e. The number of hydrogen-bond donors (Lipinski definition) is 0. The van der Waals surface area contributed by atoms with Crippen LogP contribution in [0, 0.1) is 0 Å². The summed E-state index contributed by atoms with van der Waals surface area (Å²) in [5.41, 5.74) is 1.41. The normalized spacial score (nSPS) is 12.6. The lowest BCUT2D eigenvalue weighted by atomic mass is 10.2. The second kappa shape index (κ2) is 8.50. The minimum atomic E-state index is -1.07. The molecule has 16 heavy (non-hydrogen) atoms. The summed E-state index contributed by atoms with van der Waals surface area (Å²) in [7, 11) is 0.647. The van der Waals surface area contributed by atoms with Gasteiger partial charge in [-0.25, -0.2) is 0 Å². The maximum atomic E-state index is 5.94. The van der Waals surface area contributed by atoms with Crippen LogP contribution in [0.15, 0.2) is 30.3 Å². The highest BCUT2D eigenvalue weighted by molar-refractivity contribution is 6.51.